The number of aromatic nitrogens is 3. The van der Waals surface area contributed by atoms with Crippen molar-refractivity contribution in [2.24, 2.45) is 0 Å². The predicted molar refractivity (Wildman–Crippen MR) is 83.5 cm³/mol. The van der Waals surface area contributed by atoms with Gasteiger partial charge in [-0.15, -0.1) is 0 Å². The van der Waals surface area contributed by atoms with Crippen LogP contribution in [0.25, 0.3) is 10.9 Å². The van der Waals surface area contributed by atoms with Gasteiger partial charge in [0.2, 0.25) is 0 Å². The van der Waals surface area contributed by atoms with Gasteiger partial charge in [0.05, 0.1) is 17.3 Å². The van der Waals surface area contributed by atoms with Crippen LogP contribution >= 0.6 is 0 Å². The fraction of sp³-hybridized carbons (Fsp3) is 0.250. The molecule has 3 aromatic rings. The van der Waals surface area contributed by atoms with E-state index in [0.717, 1.165) is 16.6 Å². The monoisotopic (exact) mass is 282 g/mol. The Balaban J connectivity index is 1.80. The molecular weight excluding hydrogens is 264 g/mol. The van der Waals surface area contributed by atoms with E-state index in [0.29, 0.717) is 5.56 Å². The molecule has 1 amide bonds. The Hall–Kier alpha value is -2.56. The highest BCUT2D eigenvalue weighted by molar-refractivity contribution is 6.04. The van der Waals surface area contributed by atoms with E-state index in [4.69, 9.17) is 0 Å². The highest BCUT2D eigenvalue weighted by Gasteiger charge is 2.15. The number of benzene rings is 1. The normalized spacial score (nSPS) is 11.8. The molecule has 2 N–H and O–H groups in total. The molecule has 0 unspecified atom stereocenters. The zero-order valence-electron chi connectivity index (χ0n) is 12.3. The number of hydrogen-bond acceptors (Lipinski definition) is 2. The number of nitrogens with one attached hydrogen (secondary N) is 2. The molecule has 0 atom stereocenters. The first kappa shape index (κ1) is 13.4. The predicted octanol–water partition coefficient (Wildman–Crippen LogP) is 3.37. The molecule has 3 rings (SSSR count). The summed E-state index contributed by atoms with van der Waals surface area (Å²) in [7, 11) is 0. The topological polar surface area (TPSA) is 62.7 Å². The molecule has 5 heteroatoms. The molecule has 0 fully saturated rings. The maximum Gasteiger partial charge on any atom is 0.257 e. The Morgan fingerprint density at radius 2 is 2.10 bits per heavy atom. The van der Waals surface area contributed by atoms with Crippen molar-refractivity contribution >= 4 is 22.5 Å². The number of hydrogen-bond donors (Lipinski definition) is 2. The third-order valence-electron chi connectivity index (χ3n) is 3.43. The van der Waals surface area contributed by atoms with Crippen molar-refractivity contribution < 1.29 is 4.79 Å². The number of rotatable bonds is 2. The van der Waals surface area contributed by atoms with Crippen LogP contribution in [0, 0.1) is 0 Å². The summed E-state index contributed by atoms with van der Waals surface area (Å²) in [4.78, 5) is 12.3. The maximum atomic E-state index is 12.3. The lowest BCUT2D eigenvalue weighted by molar-refractivity contribution is 0.102. The van der Waals surface area contributed by atoms with Crippen molar-refractivity contribution in [2.45, 2.75) is 26.3 Å². The van der Waals surface area contributed by atoms with Gasteiger partial charge in [0.25, 0.3) is 5.91 Å². The molecule has 108 valence electrons. The second-order valence-electron chi connectivity index (χ2n) is 6.10. The number of anilines is 1. The van der Waals surface area contributed by atoms with Crippen LogP contribution in [-0.4, -0.2) is 20.7 Å². The molecule has 0 spiro atoms. The van der Waals surface area contributed by atoms with Gasteiger partial charge in [-0.05, 0) is 45.0 Å². The molecular formula is C16H18N4O. The van der Waals surface area contributed by atoms with Gasteiger partial charge < -0.3 is 9.88 Å². The second kappa shape index (κ2) is 4.77. The first-order valence-electron chi connectivity index (χ1n) is 6.86. The number of nitrogens with zero attached hydrogens (tertiary/aromatic N) is 2. The molecule has 21 heavy (non-hydrogen) atoms. The Bertz CT molecular complexity index is 792. The van der Waals surface area contributed by atoms with E-state index in [2.05, 4.69) is 36.3 Å². The molecule has 0 aliphatic heterocycles. The number of H-pyrrole nitrogens is 1. The average Bonchev–Trinajstić information content (AvgIpc) is 3.06. The van der Waals surface area contributed by atoms with Crippen molar-refractivity contribution in [3.05, 3.63) is 48.4 Å². The van der Waals surface area contributed by atoms with Crippen LogP contribution in [0.4, 0.5) is 5.69 Å². The van der Waals surface area contributed by atoms with Gasteiger partial charge >= 0.3 is 0 Å². The minimum Gasteiger partial charge on any atom is -0.348 e. The maximum absolute atomic E-state index is 12.3. The van der Waals surface area contributed by atoms with E-state index < -0.39 is 0 Å². The van der Waals surface area contributed by atoms with Crippen LogP contribution in [0.5, 0.6) is 0 Å². The Morgan fingerprint density at radius 1 is 1.29 bits per heavy atom. The summed E-state index contributed by atoms with van der Waals surface area (Å²) in [6.45, 7) is 6.29. The molecule has 0 saturated heterocycles. The van der Waals surface area contributed by atoms with E-state index in [1.807, 2.05) is 41.2 Å². The summed E-state index contributed by atoms with van der Waals surface area (Å²) in [6, 6.07) is 7.50. The quantitative estimate of drug-likeness (QED) is 0.757. The minimum absolute atomic E-state index is 0.0344. The van der Waals surface area contributed by atoms with Crippen LogP contribution < -0.4 is 5.32 Å². The van der Waals surface area contributed by atoms with Gasteiger partial charge in [0.1, 0.15) is 0 Å². The Morgan fingerprint density at radius 3 is 2.81 bits per heavy atom. The number of fused-ring (bicyclic) bond motifs is 1. The molecule has 0 aliphatic carbocycles. The zero-order valence-corrected chi connectivity index (χ0v) is 12.3. The Kier molecular flexibility index (Phi) is 3.05. The lowest BCUT2D eigenvalue weighted by Crippen LogP contribution is -2.20. The summed E-state index contributed by atoms with van der Waals surface area (Å²) >= 11 is 0. The molecule has 0 radical (unpaired) electrons. The molecule has 2 aromatic heterocycles. The van der Waals surface area contributed by atoms with Crippen LogP contribution in [0.15, 0.2) is 42.9 Å². The fourth-order valence-corrected chi connectivity index (χ4v) is 2.17. The van der Waals surface area contributed by atoms with Crippen molar-refractivity contribution in [1.82, 2.24) is 14.8 Å². The third kappa shape index (κ3) is 2.67. The Labute approximate surface area is 123 Å². The summed E-state index contributed by atoms with van der Waals surface area (Å²) in [5.41, 5.74) is 2.27. The number of carbonyl (C=O) groups is 1. The average molecular weight is 282 g/mol. The lowest BCUT2D eigenvalue weighted by atomic mass is 10.1. The smallest absolute Gasteiger partial charge is 0.257 e. The number of carbonyl (C=O) groups excluding carboxylic acids is 1. The van der Waals surface area contributed by atoms with Crippen LogP contribution in [0.2, 0.25) is 0 Å². The van der Waals surface area contributed by atoms with Gasteiger partial charge in [0, 0.05) is 29.0 Å². The summed E-state index contributed by atoms with van der Waals surface area (Å²) in [6.07, 6.45) is 5.54. The summed E-state index contributed by atoms with van der Waals surface area (Å²) in [5.74, 6) is -0.114. The molecule has 0 aliphatic rings. The van der Waals surface area contributed by atoms with Crippen molar-refractivity contribution in [1.29, 1.82) is 0 Å². The van der Waals surface area contributed by atoms with Crippen LogP contribution in [-0.2, 0) is 5.54 Å². The van der Waals surface area contributed by atoms with Gasteiger partial charge in [0.15, 0.2) is 0 Å². The zero-order chi connectivity index (χ0) is 15.0. The third-order valence-corrected chi connectivity index (χ3v) is 3.43. The molecule has 0 saturated carbocycles. The minimum atomic E-state index is -0.114. The highest BCUT2D eigenvalue weighted by Crippen LogP contribution is 2.19. The standard InChI is InChI=1S/C16H18N4O/c1-16(2,3)20-7-6-12(10-20)15(21)18-13-5-4-11-9-17-19-14(11)8-13/h4-10H,1-3H3,(H,17,19)(H,18,21). The van der Waals surface area contributed by atoms with Crippen molar-refractivity contribution in [2.75, 3.05) is 5.32 Å². The van der Waals surface area contributed by atoms with Crippen LogP contribution in [0.3, 0.4) is 0 Å². The second-order valence-corrected chi connectivity index (χ2v) is 6.10. The summed E-state index contributed by atoms with van der Waals surface area (Å²) in [5, 5.41) is 10.8. The first-order chi connectivity index (χ1) is 9.93. The lowest BCUT2D eigenvalue weighted by Gasteiger charge is -2.20. The van der Waals surface area contributed by atoms with E-state index in [-0.39, 0.29) is 11.4 Å². The fourth-order valence-electron chi connectivity index (χ4n) is 2.17. The van der Waals surface area contributed by atoms with Gasteiger partial charge in [-0.25, -0.2) is 0 Å². The van der Waals surface area contributed by atoms with E-state index in [1.54, 1.807) is 6.20 Å². The van der Waals surface area contributed by atoms with Gasteiger partial charge in [-0.3, -0.25) is 9.89 Å². The highest BCUT2D eigenvalue weighted by atomic mass is 16.1. The van der Waals surface area contributed by atoms with Gasteiger partial charge in [-0.1, -0.05) is 0 Å². The SMILES string of the molecule is CC(C)(C)n1ccc(C(=O)Nc2ccc3cn[nH]c3c2)c1. The van der Waals surface area contributed by atoms with Crippen molar-refractivity contribution in [3.8, 4) is 0 Å². The number of aromatic amines is 1. The largest absolute Gasteiger partial charge is 0.348 e. The number of amides is 1. The van der Waals surface area contributed by atoms with Crippen molar-refractivity contribution in [3.63, 3.8) is 0 Å². The molecule has 1 aromatic carbocycles. The first-order valence-corrected chi connectivity index (χ1v) is 6.86. The van der Waals surface area contributed by atoms with E-state index >= 15 is 0 Å². The van der Waals surface area contributed by atoms with E-state index in [9.17, 15) is 4.79 Å². The molecule has 2 heterocycles. The van der Waals surface area contributed by atoms with E-state index in [1.165, 1.54) is 0 Å². The molecule has 5 nitrogen and oxygen atoms in total. The van der Waals surface area contributed by atoms with Crippen LogP contribution in [0.1, 0.15) is 31.1 Å². The summed E-state index contributed by atoms with van der Waals surface area (Å²) < 4.78 is 2.03. The molecule has 0 bridgehead atoms. The van der Waals surface area contributed by atoms with Gasteiger partial charge in [-0.2, -0.15) is 5.10 Å².